The van der Waals surface area contributed by atoms with E-state index in [0.29, 0.717) is 0 Å². The molecule has 300 valence electrons. The number of benzene rings is 9. The molecule has 0 bridgehead atoms. The Morgan fingerprint density at radius 1 is 0.429 bits per heavy atom. The van der Waals surface area contributed by atoms with Crippen molar-refractivity contribution < 1.29 is 9.15 Å². The van der Waals surface area contributed by atoms with E-state index in [1.54, 1.807) is 0 Å². The van der Waals surface area contributed by atoms with Crippen LogP contribution in [0.15, 0.2) is 229 Å². The van der Waals surface area contributed by atoms with Crippen molar-refractivity contribution in [3.8, 4) is 39.4 Å². The summed E-state index contributed by atoms with van der Waals surface area (Å²) in [7, 11) is 0. The second-order valence-corrected chi connectivity index (χ2v) is 16.4. The molecule has 0 radical (unpaired) electrons. The molecule has 11 aromatic rings. The van der Waals surface area contributed by atoms with Crippen LogP contribution in [-0.4, -0.2) is 4.57 Å². The predicted octanol–water partition coefficient (Wildman–Crippen LogP) is 16.2. The lowest BCUT2D eigenvalue weighted by atomic mass is 9.85. The van der Waals surface area contributed by atoms with Crippen LogP contribution < -0.4 is 9.64 Å². The van der Waals surface area contributed by atoms with Gasteiger partial charge in [0, 0.05) is 33.5 Å². The predicted molar refractivity (Wildman–Crippen MR) is 259 cm³/mol. The minimum absolute atomic E-state index is 0.127. The zero-order chi connectivity index (χ0) is 41.7. The number of rotatable bonds is 9. The zero-order valence-electron chi connectivity index (χ0n) is 34.6. The Labute approximate surface area is 366 Å². The summed E-state index contributed by atoms with van der Waals surface area (Å²) in [5, 5.41) is 3.36. The Kier molecular flexibility index (Phi) is 9.00. The number of nitrogens with zero attached hydrogens (tertiary/aromatic N) is 2. The monoisotopic (exact) mass is 810 g/mol. The Morgan fingerprint density at radius 2 is 1.00 bits per heavy atom. The fourth-order valence-electron chi connectivity index (χ4n) is 9.57. The minimum Gasteiger partial charge on any atom is -0.456 e. The van der Waals surface area contributed by atoms with E-state index in [4.69, 9.17) is 9.15 Å². The molecular weight excluding hydrogens is 769 g/mol. The maximum atomic E-state index is 6.93. The van der Waals surface area contributed by atoms with Gasteiger partial charge in [-0.2, -0.15) is 0 Å². The Morgan fingerprint density at radius 3 is 1.73 bits per heavy atom. The number of hydrogen-bond donors (Lipinski definition) is 0. The van der Waals surface area contributed by atoms with Crippen LogP contribution in [0.25, 0.3) is 60.8 Å². The van der Waals surface area contributed by atoms with E-state index < -0.39 is 0 Å². The molecule has 4 heteroatoms. The van der Waals surface area contributed by atoms with Gasteiger partial charge in [0.25, 0.3) is 0 Å². The summed E-state index contributed by atoms with van der Waals surface area (Å²) in [6, 6.07) is 80.2. The van der Waals surface area contributed by atoms with Crippen molar-refractivity contribution in [3.05, 3.63) is 241 Å². The van der Waals surface area contributed by atoms with Gasteiger partial charge in [-0.3, -0.25) is 9.47 Å². The van der Waals surface area contributed by atoms with Crippen LogP contribution in [0.4, 0.5) is 17.2 Å². The van der Waals surface area contributed by atoms with Gasteiger partial charge >= 0.3 is 0 Å². The number of para-hydroxylation sites is 4. The molecule has 1 aliphatic heterocycles. The average Bonchev–Trinajstić information content (AvgIpc) is 3.89. The Hall–Kier alpha value is -8.08. The van der Waals surface area contributed by atoms with Crippen molar-refractivity contribution >= 4 is 50.0 Å². The second-order valence-electron chi connectivity index (χ2n) is 16.4. The summed E-state index contributed by atoms with van der Waals surface area (Å²) in [6.45, 7) is 0. The lowest BCUT2D eigenvalue weighted by molar-refractivity contribution is 0.480. The first kappa shape index (κ1) is 36.7. The van der Waals surface area contributed by atoms with Crippen LogP contribution in [0.1, 0.15) is 29.0 Å². The smallest absolute Gasteiger partial charge is 0.178 e. The summed E-state index contributed by atoms with van der Waals surface area (Å²) in [4.78, 5) is 2.38. The summed E-state index contributed by atoms with van der Waals surface area (Å²) in [5.41, 5.74) is 14.7. The van der Waals surface area contributed by atoms with Crippen LogP contribution in [0.2, 0.25) is 0 Å². The van der Waals surface area contributed by atoms with Crippen molar-refractivity contribution in [2.45, 2.75) is 18.8 Å². The molecule has 1 unspecified atom stereocenters. The molecule has 9 aromatic carbocycles. The molecule has 0 saturated heterocycles. The van der Waals surface area contributed by atoms with Gasteiger partial charge in [0.1, 0.15) is 11.2 Å². The van der Waals surface area contributed by atoms with Gasteiger partial charge in [-0.05, 0) is 112 Å². The fourth-order valence-corrected chi connectivity index (χ4v) is 9.57. The number of furan rings is 1. The molecule has 0 aliphatic carbocycles. The van der Waals surface area contributed by atoms with E-state index in [2.05, 4.69) is 228 Å². The van der Waals surface area contributed by atoms with Crippen molar-refractivity contribution in [2.75, 3.05) is 4.90 Å². The van der Waals surface area contributed by atoms with E-state index in [1.807, 2.05) is 6.07 Å². The first-order valence-corrected chi connectivity index (χ1v) is 21.8. The number of fused-ring (bicyclic) bond motifs is 7. The van der Waals surface area contributed by atoms with E-state index in [0.717, 1.165) is 80.1 Å². The van der Waals surface area contributed by atoms with Crippen molar-refractivity contribution in [1.29, 1.82) is 0 Å². The molecule has 0 amide bonds. The third-order valence-electron chi connectivity index (χ3n) is 12.7. The fraction of sp³-hybridized carbons (Fsp3) is 0.0508. The van der Waals surface area contributed by atoms with Crippen LogP contribution in [0.3, 0.4) is 0 Å². The standard InChI is InChI=1S/C59H42N2O2/c1-4-14-41(15-5-1)42-26-28-43(29-27-42)44-30-32-45(33-31-44)49(46-34-36-51-50-20-11-13-23-55(50)62-57(51)39-46)35-24-40-25-37-56-54(38-40)61(48-18-8-3-9-19-48)59-58(63-56)52-21-10-12-22-53(52)60(59)47-16-6-2-7-17-47/h1-23,25-34,36-39,49H,24,35H2. The highest BCUT2D eigenvalue weighted by atomic mass is 16.5. The minimum atomic E-state index is 0.127. The molecule has 1 aliphatic rings. The number of aryl methyl sites for hydroxylation is 1. The molecule has 4 nitrogen and oxygen atoms in total. The van der Waals surface area contributed by atoms with E-state index in [1.165, 1.54) is 38.9 Å². The van der Waals surface area contributed by atoms with Gasteiger partial charge in [0.2, 0.25) is 0 Å². The lowest BCUT2D eigenvalue weighted by Gasteiger charge is -2.33. The lowest BCUT2D eigenvalue weighted by Crippen LogP contribution is -2.18. The van der Waals surface area contributed by atoms with Gasteiger partial charge in [0.15, 0.2) is 17.3 Å². The third-order valence-corrected chi connectivity index (χ3v) is 12.7. The molecule has 0 saturated carbocycles. The number of hydrogen-bond acceptors (Lipinski definition) is 3. The number of ether oxygens (including phenoxy) is 1. The van der Waals surface area contributed by atoms with E-state index in [-0.39, 0.29) is 5.92 Å². The van der Waals surface area contributed by atoms with Gasteiger partial charge < -0.3 is 9.15 Å². The largest absolute Gasteiger partial charge is 0.456 e. The van der Waals surface area contributed by atoms with Crippen LogP contribution in [0.5, 0.6) is 11.5 Å². The molecule has 3 heterocycles. The maximum Gasteiger partial charge on any atom is 0.178 e. The second kappa shape index (κ2) is 15.4. The quantitative estimate of drug-likeness (QED) is 0.145. The highest BCUT2D eigenvalue weighted by Crippen LogP contribution is 2.55. The summed E-state index contributed by atoms with van der Waals surface area (Å²) in [5.74, 6) is 2.81. The molecule has 0 N–H and O–H groups in total. The van der Waals surface area contributed by atoms with Gasteiger partial charge in [0.05, 0.1) is 11.2 Å². The van der Waals surface area contributed by atoms with Gasteiger partial charge in [-0.15, -0.1) is 0 Å². The molecule has 0 spiro atoms. The molecule has 2 aromatic heterocycles. The number of aromatic nitrogens is 1. The van der Waals surface area contributed by atoms with Gasteiger partial charge in [-0.1, -0.05) is 164 Å². The van der Waals surface area contributed by atoms with Crippen LogP contribution in [0, 0.1) is 0 Å². The van der Waals surface area contributed by atoms with Crippen molar-refractivity contribution in [2.24, 2.45) is 0 Å². The van der Waals surface area contributed by atoms with Crippen molar-refractivity contribution in [3.63, 3.8) is 0 Å². The topological polar surface area (TPSA) is 30.5 Å². The Balaban J connectivity index is 0.919. The normalized spacial score (nSPS) is 12.6. The van der Waals surface area contributed by atoms with Crippen LogP contribution in [-0.2, 0) is 6.42 Å². The number of anilines is 3. The Bertz CT molecular complexity index is 3410. The first-order valence-electron chi connectivity index (χ1n) is 21.8. The summed E-state index contributed by atoms with van der Waals surface area (Å²) >= 11 is 0. The molecule has 63 heavy (non-hydrogen) atoms. The highest BCUT2D eigenvalue weighted by Gasteiger charge is 2.33. The molecule has 12 rings (SSSR count). The summed E-state index contributed by atoms with van der Waals surface area (Å²) in [6.07, 6.45) is 1.76. The SMILES string of the molecule is c1ccc(-c2ccc(-c3ccc(C(CCc4ccc5c(c4)N(c4ccccc4)c4c(c6ccccc6n4-c4ccccc4)O5)c4ccc5c(c4)oc4ccccc45)cc3)cc2)cc1. The highest BCUT2D eigenvalue weighted by molar-refractivity contribution is 6.05. The zero-order valence-corrected chi connectivity index (χ0v) is 34.6. The maximum absolute atomic E-state index is 6.93. The van der Waals surface area contributed by atoms with Crippen LogP contribution >= 0.6 is 0 Å². The van der Waals surface area contributed by atoms with Gasteiger partial charge in [-0.25, -0.2) is 0 Å². The van der Waals surface area contributed by atoms with Crippen molar-refractivity contribution in [1.82, 2.24) is 4.57 Å². The van der Waals surface area contributed by atoms with E-state index in [9.17, 15) is 0 Å². The molecule has 0 fully saturated rings. The molecule has 1 atom stereocenters. The third kappa shape index (κ3) is 6.55. The average molecular weight is 811 g/mol. The van der Waals surface area contributed by atoms with E-state index >= 15 is 0 Å². The molecular formula is C59H42N2O2. The summed E-state index contributed by atoms with van der Waals surface area (Å²) < 4.78 is 15.7. The first-order chi connectivity index (χ1) is 31.2.